The molecule has 0 aliphatic carbocycles. The van der Waals surface area contributed by atoms with Crippen molar-refractivity contribution in [3.63, 3.8) is 0 Å². The Hall–Kier alpha value is -2.07. The quantitative estimate of drug-likeness (QED) is 0.854. The number of halogens is 1. The molecule has 2 aromatic rings. The maximum absolute atomic E-state index is 12.6. The van der Waals surface area contributed by atoms with Crippen molar-refractivity contribution in [2.24, 2.45) is 0 Å². The molecule has 23 heavy (non-hydrogen) atoms. The van der Waals surface area contributed by atoms with E-state index in [-0.39, 0.29) is 18.6 Å². The lowest BCUT2D eigenvalue weighted by atomic mass is 9.96. The number of ether oxygens (including phenoxy) is 1. The lowest BCUT2D eigenvalue weighted by molar-refractivity contribution is -0.137. The van der Waals surface area contributed by atoms with E-state index in [1.54, 1.807) is 30.5 Å². The number of pyridine rings is 1. The van der Waals surface area contributed by atoms with Gasteiger partial charge in [0.2, 0.25) is 0 Å². The summed E-state index contributed by atoms with van der Waals surface area (Å²) in [4.78, 5) is 18.7. The van der Waals surface area contributed by atoms with Crippen LogP contribution in [0.15, 0.2) is 48.8 Å². The van der Waals surface area contributed by atoms with Crippen molar-refractivity contribution >= 4 is 17.5 Å². The third-order valence-electron chi connectivity index (χ3n) is 4.07. The highest BCUT2D eigenvalue weighted by molar-refractivity contribution is 6.30. The van der Waals surface area contributed by atoms with Crippen molar-refractivity contribution in [3.8, 4) is 5.75 Å². The summed E-state index contributed by atoms with van der Waals surface area (Å²) in [5.41, 5.74) is 1.09. The topological polar surface area (TPSA) is 42.4 Å². The third-order valence-corrected chi connectivity index (χ3v) is 4.32. The van der Waals surface area contributed by atoms with Crippen molar-refractivity contribution in [2.45, 2.75) is 25.3 Å². The van der Waals surface area contributed by atoms with Gasteiger partial charge in [0, 0.05) is 24.0 Å². The van der Waals surface area contributed by atoms with E-state index < -0.39 is 0 Å². The molecule has 0 saturated carbocycles. The average Bonchev–Trinajstić information content (AvgIpc) is 2.62. The van der Waals surface area contributed by atoms with E-state index in [1.807, 2.05) is 23.2 Å². The molecule has 1 aromatic heterocycles. The molecule has 0 unspecified atom stereocenters. The van der Waals surface area contributed by atoms with Crippen LogP contribution in [0.25, 0.3) is 0 Å². The summed E-state index contributed by atoms with van der Waals surface area (Å²) >= 11 is 5.85. The fraction of sp³-hybridized carbons (Fsp3) is 0.333. The maximum atomic E-state index is 12.6. The lowest BCUT2D eigenvalue weighted by Gasteiger charge is -2.35. The Kier molecular flexibility index (Phi) is 5.13. The maximum Gasteiger partial charge on any atom is 0.261 e. The number of benzene rings is 1. The summed E-state index contributed by atoms with van der Waals surface area (Å²) in [6, 6.07) is 11.1. The summed E-state index contributed by atoms with van der Waals surface area (Å²) in [6.07, 6.45) is 6.72. The second-order valence-electron chi connectivity index (χ2n) is 5.63. The molecule has 1 fully saturated rings. The molecule has 1 aromatic carbocycles. The van der Waals surface area contributed by atoms with Gasteiger partial charge in [0.05, 0.1) is 6.04 Å². The molecule has 120 valence electrons. The molecule has 0 spiro atoms. The number of piperidine rings is 1. The van der Waals surface area contributed by atoms with E-state index in [4.69, 9.17) is 16.3 Å². The van der Waals surface area contributed by atoms with E-state index in [0.29, 0.717) is 10.8 Å². The van der Waals surface area contributed by atoms with Crippen LogP contribution < -0.4 is 4.74 Å². The van der Waals surface area contributed by atoms with Crippen LogP contribution in [0.4, 0.5) is 0 Å². The summed E-state index contributed by atoms with van der Waals surface area (Å²) in [5, 5.41) is 0.649. The first kappa shape index (κ1) is 15.8. The molecule has 0 bridgehead atoms. The Bertz CT molecular complexity index is 646. The second-order valence-corrected chi connectivity index (χ2v) is 6.06. The monoisotopic (exact) mass is 330 g/mol. The van der Waals surface area contributed by atoms with Crippen molar-refractivity contribution in [1.29, 1.82) is 0 Å². The number of aromatic nitrogens is 1. The van der Waals surface area contributed by atoms with Crippen molar-refractivity contribution in [3.05, 3.63) is 59.4 Å². The van der Waals surface area contributed by atoms with Gasteiger partial charge in [0.25, 0.3) is 5.91 Å². The molecule has 0 N–H and O–H groups in total. The van der Waals surface area contributed by atoms with E-state index in [0.717, 1.165) is 31.4 Å². The van der Waals surface area contributed by atoms with Crippen LogP contribution >= 0.6 is 11.6 Å². The van der Waals surface area contributed by atoms with Crippen LogP contribution in [0.2, 0.25) is 5.02 Å². The van der Waals surface area contributed by atoms with Gasteiger partial charge < -0.3 is 9.64 Å². The molecular weight excluding hydrogens is 312 g/mol. The van der Waals surface area contributed by atoms with Gasteiger partial charge in [0.1, 0.15) is 5.75 Å². The lowest BCUT2D eigenvalue weighted by Crippen LogP contribution is -2.41. The number of carbonyl (C=O) groups is 1. The van der Waals surface area contributed by atoms with E-state index in [9.17, 15) is 4.79 Å². The Morgan fingerprint density at radius 2 is 2.09 bits per heavy atom. The number of carbonyl (C=O) groups excluding carboxylic acids is 1. The number of likely N-dealkylation sites (tertiary alicyclic amines) is 1. The zero-order chi connectivity index (χ0) is 16.1. The molecule has 1 atom stereocenters. The minimum atomic E-state index is 0.00787. The number of amides is 1. The smallest absolute Gasteiger partial charge is 0.261 e. The Morgan fingerprint density at radius 3 is 2.83 bits per heavy atom. The Balaban J connectivity index is 1.65. The zero-order valence-electron chi connectivity index (χ0n) is 12.8. The van der Waals surface area contributed by atoms with Crippen molar-refractivity contribution in [1.82, 2.24) is 9.88 Å². The van der Waals surface area contributed by atoms with Gasteiger partial charge in [0.15, 0.2) is 6.61 Å². The third kappa shape index (κ3) is 4.02. The van der Waals surface area contributed by atoms with Crippen LogP contribution in [0.3, 0.4) is 0 Å². The molecule has 3 rings (SSSR count). The predicted molar refractivity (Wildman–Crippen MR) is 89.5 cm³/mol. The molecule has 0 radical (unpaired) electrons. The second kappa shape index (κ2) is 7.47. The Labute approximate surface area is 141 Å². The molecule has 1 aliphatic heterocycles. The summed E-state index contributed by atoms with van der Waals surface area (Å²) < 4.78 is 5.59. The van der Waals surface area contributed by atoms with Gasteiger partial charge >= 0.3 is 0 Å². The van der Waals surface area contributed by atoms with Crippen molar-refractivity contribution in [2.75, 3.05) is 13.2 Å². The van der Waals surface area contributed by atoms with Gasteiger partial charge in [-0.25, -0.2) is 0 Å². The number of hydrogen-bond donors (Lipinski definition) is 0. The highest BCUT2D eigenvalue weighted by atomic mass is 35.5. The zero-order valence-corrected chi connectivity index (χ0v) is 13.6. The van der Waals surface area contributed by atoms with Crippen LogP contribution in [0, 0.1) is 0 Å². The van der Waals surface area contributed by atoms with E-state index in [2.05, 4.69) is 4.98 Å². The average molecular weight is 331 g/mol. The standard InChI is InChI=1S/C18H19ClN2O2/c19-15-6-8-16(9-7-15)23-13-18(22)21-11-2-1-5-17(21)14-4-3-10-20-12-14/h3-4,6-10,12,17H,1-2,5,11,13H2/t17-/m0/s1. The molecular formula is C18H19ClN2O2. The molecule has 4 nitrogen and oxygen atoms in total. The minimum Gasteiger partial charge on any atom is -0.484 e. The van der Waals surface area contributed by atoms with Crippen LogP contribution in [-0.2, 0) is 4.79 Å². The van der Waals surface area contributed by atoms with Crippen LogP contribution in [-0.4, -0.2) is 28.9 Å². The summed E-state index contributed by atoms with van der Waals surface area (Å²) in [5.74, 6) is 0.659. The highest BCUT2D eigenvalue weighted by Gasteiger charge is 2.28. The Morgan fingerprint density at radius 1 is 1.26 bits per heavy atom. The molecule has 1 aliphatic rings. The number of rotatable bonds is 4. The van der Waals surface area contributed by atoms with Crippen LogP contribution in [0.5, 0.6) is 5.75 Å². The number of nitrogens with zero attached hydrogens (tertiary/aromatic N) is 2. The van der Waals surface area contributed by atoms with Gasteiger partial charge in [-0.2, -0.15) is 0 Å². The highest BCUT2D eigenvalue weighted by Crippen LogP contribution is 2.30. The van der Waals surface area contributed by atoms with E-state index in [1.165, 1.54) is 0 Å². The largest absolute Gasteiger partial charge is 0.484 e. The van der Waals surface area contributed by atoms with Gasteiger partial charge in [-0.1, -0.05) is 17.7 Å². The SMILES string of the molecule is O=C(COc1ccc(Cl)cc1)N1CCCC[C@H]1c1cccnc1. The molecule has 2 heterocycles. The normalized spacial score (nSPS) is 17.8. The fourth-order valence-electron chi connectivity index (χ4n) is 2.91. The van der Waals surface area contributed by atoms with Gasteiger partial charge in [-0.15, -0.1) is 0 Å². The van der Waals surface area contributed by atoms with Gasteiger partial charge in [-0.3, -0.25) is 9.78 Å². The first-order valence-corrected chi connectivity index (χ1v) is 8.19. The summed E-state index contributed by atoms with van der Waals surface area (Å²) in [6.45, 7) is 0.806. The minimum absolute atomic E-state index is 0.00787. The summed E-state index contributed by atoms with van der Waals surface area (Å²) in [7, 11) is 0. The molecule has 1 amide bonds. The van der Waals surface area contributed by atoms with Crippen molar-refractivity contribution < 1.29 is 9.53 Å². The predicted octanol–water partition coefficient (Wildman–Crippen LogP) is 3.87. The first-order chi connectivity index (χ1) is 11.2. The van der Waals surface area contributed by atoms with E-state index >= 15 is 0 Å². The van der Waals surface area contributed by atoms with Gasteiger partial charge in [-0.05, 0) is 55.2 Å². The molecule has 5 heteroatoms. The number of hydrogen-bond acceptors (Lipinski definition) is 3. The molecule has 1 saturated heterocycles. The van der Waals surface area contributed by atoms with Crippen LogP contribution in [0.1, 0.15) is 30.9 Å². The first-order valence-electron chi connectivity index (χ1n) is 7.82. The fourth-order valence-corrected chi connectivity index (χ4v) is 3.03.